The molecule has 2 saturated heterocycles. The van der Waals surface area contributed by atoms with Crippen molar-refractivity contribution in [3.05, 3.63) is 0 Å². The van der Waals surface area contributed by atoms with Gasteiger partial charge in [0, 0.05) is 25.7 Å². The molecular formula is C13H14N2O8. The van der Waals surface area contributed by atoms with Crippen LogP contribution >= 0.6 is 0 Å². The molecule has 23 heavy (non-hydrogen) atoms. The molecule has 0 saturated carbocycles. The molecule has 0 N–H and O–H groups in total. The molecule has 2 rings (SSSR count). The molecule has 10 nitrogen and oxygen atoms in total. The Bertz CT molecular complexity index is 567. The Morgan fingerprint density at radius 3 is 1.70 bits per heavy atom. The molecule has 0 bridgehead atoms. The van der Waals surface area contributed by atoms with Crippen molar-refractivity contribution in [2.45, 2.75) is 39.0 Å². The highest BCUT2D eigenvalue weighted by molar-refractivity contribution is 6.02. The number of rotatable bonds is 5. The Hall–Kier alpha value is -2.78. The third-order valence-electron chi connectivity index (χ3n) is 3.26. The maximum Gasteiger partial charge on any atom is 0.336 e. The number of hydrogen-bond donors (Lipinski definition) is 0. The van der Waals surface area contributed by atoms with Gasteiger partial charge in [-0.3, -0.25) is 19.2 Å². The average molecular weight is 326 g/mol. The minimum Gasteiger partial charge on any atom is -0.330 e. The molecule has 2 aliphatic rings. The minimum absolute atomic E-state index is 0.0388. The fraction of sp³-hybridized carbons (Fsp3) is 0.538. The van der Waals surface area contributed by atoms with Gasteiger partial charge in [0.15, 0.2) is 0 Å². The lowest BCUT2D eigenvalue weighted by Crippen LogP contribution is -2.36. The van der Waals surface area contributed by atoms with Crippen LogP contribution in [0.3, 0.4) is 0 Å². The van der Waals surface area contributed by atoms with E-state index in [0.29, 0.717) is 10.1 Å². The topological polar surface area (TPSA) is 127 Å². The van der Waals surface area contributed by atoms with Crippen LogP contribution in [0.5, 0.6) is 0 Å². The predicted octanol–water partition coefficient (Wildman–Crippen LogP) is -0.773. The Kier molecular flexibility index (Phi) is 4.72. The van der Waals surface area contributed by atoms with E-state index in [1.807, 2.05) is 0 Å². The van der Waals surface area contributed by atoms with Gasteiger partial charge < -0.3 is 9.68 Å². The summed E-state index contributed by atoms with van der Waals surface area (Å²) in [7, 11) is 0. The van der Waals surface area contributed by atoms with E-state index >= 15 is 0 Å². The molecule has 0 aromatic carbocycles. The van der Waals surface area contributed by atoms with E-state index in [9.17, 15) is 28.8 Å². The number of carbonyl (C=O) groups excluding carboxylic acids is 6. The highest BCUT2D eigenvalue weighted by Gasteiger charge is 2.36. The lowest BCUT2D eigenvalue weighted by molar-refractivity contribution is -0.204. The van der Waals surface area contributed by atoms with Crippen LogP contribution in [0.1, 0.15) is 39.0 Å². The van der Waals surface area contributed by atoms with E-state index in [0.717, 1.165) is 0 Å². The van der Waals surface area contributed by atoms with Crippen molar-refractivity contribution in [3.8, 4) is 0 Å². The fourth-order valence-corrected chi connectivity index (χ4v) is 1.97. The minimum atomic E-state index is -1.03. The number of hydroxylamine groups is 4. The normalized spacial score (nSPS) is 19.3. The van der Waals surface area contributed by atoms with Crippen LogP contribution < -0.4 is 0 Å². The van der Waals surface area contributed by atoms with Gasteiger partial charge >= 0.3 is 11.9 Å². The highest BCUT2D eigenvalue weighted by atomic mass is 16.7. The van der Waals surface area contributed by atoms with Crippen molar-refractivity contribution < 1.29 is 38.4 Å². The van der Waals surface area contributed by atoms with Gasteiger partial charge in [-0.05, 0) is 0 Å². The first-order chi connectivity index (χ1) is 10.8. The SMILES string of the molecule is C[C@H](CC(=O)ON1C(=O)CCC1=O)C(=O)ON1C(=O)CCC1=O. The van der Waals surface area contributed by atoms with Crippen LogP contribution in [-0.4, -0.2) is 45.7 Å². The van der Waals surface area contributed by atoms with Crippen molar-refractivity contribution in [1.82, 2.24) is 10.1 Å². The summed E-state index contributed by atoms with van der Waals surface area (Å²) in [6.45, 7) is 1.32. The summed E-state index contributed by atoms with van der Waals surface area (Å²) in [5.74, 6) is -5.50. The second-order valence-corrected chi connectivity index (χ2v) is 5.14. The van der Waals surface area contributed by atoms with Crippen LogP contribution in [0.2, 0.25) is 0 Å². The number of amides is 4. The zero-order chi connectivity index (χ0) is 17.1. The average Bonchev–Trinajstić information content (AvgIpc) is 2.97. The zero-order valence-corrected chi connectivity index (χ0v) is 12.3. The maximum atomic E-state index is 11.8. The fourth-order valence-electron chi connectivity index (χ4n) is 1.97. The lowest BCUT2D eigenvalue weighted by atomic mass is 10.1. The summed E-state index contributed by atoms with van der Waals surface area (Å²) in [5.41, 5.74) is 0. The standard InChI is InChI=1S/C13H14N2O8/c1-7(13(21)23-15-10(18)4-5-11(15)19)6-12(20)22-14-8(16)2-3-9(14)17/h7H,2-6H2,1H3/t7-/m1/s1. The van der Waals surface area contributed by atoms with Crippen molar-refractivity contribution in [2.75, 3.05) is 0 Å². The summed E-state index contributed by atoms with van der Waals surface area (Å²) in [6.07, 6.45) is -0.638. The molecule has 124 valence electrons. The second kappa shape index (κ2) is 6.55. The van der Waals surface area contributed by atoms with Gasteiger partial charge in [0.2, 0.25) is 0 Å². The van der Waals surface area contributed by atoms with Gasteiger partial charge in [0.1, 0.15) is 0 Å². The molecule has 0 aliphatic carbocycles. The second-order valence-electron chi connectivity index (χ2n) is 5.14. The van der Waals surface area contributed by atoms with E-state index in [1.54, 1.807) is 0 Å². The third-order valence-corrected chi connectivity index (χ3v) is 3.26. The summed E-state index contributed by atoms with van der Waals surface area (Å²) < 4.78 is 0. The van der Waals surface area contributed by atoms with Crippen molar-refractivity contribution in [1.29, 1.82) is 0 Å². The molecule has 0 aromatic heterocycles. The monoisotopic (exact) mass is 326 g/mol. The molecule has 2 heterocycles. The van der Waals surface area contributed by atoms with Gasteiger partial charge in [0.05, 0.1) is 12.3 Å². The van der Waals surface area contributed by atoms with Crippen LogP contribution in [0.25, 0.3) is 0 Å². The van der Waals surface area contributed by atoms with Crippen LogP contribution in [0.15, 0.2) is 0 Å². The largest absolute Gasteiger partial charge is 0.336 e. The van der Waals surface area contributed by atoms with Crippen molar-refractivity contribution in [2.24, 2.45) is 5.92 Å². The third kappa shape index (κ3) is 3.71. The zero-order valence-electron chi connectivity index (χ0n) is 12.3. The van der Waals surface area contributed by atoms with Crippen LogP contribution in [0, 0.1) is 5.92 Å². The Balaban J connectivity index is 1.84. The predicted molar refractivity (Wildman–Crippen MR) is 68.1 cm³/mol. The van der Waals surface area contributed by atoms with Gasteiger partial charge in [-0.15, -0.1) is 10.1 Å². The smallest absolute Gasteiger partial charge is 0.330 e. The van der Waals surface area contributed by atoms with Gasteiger partial charge in [-0.1, -0.05) is 6.92 Å². The summed E-state index contributed by atoms with van der Waals surface area (Å²) in [6, 6.07) is 0. The Morgan fingerprint density at radius 1 is 0.870 bits per heavy atom. The quantitative estimate of drug-likeness (QED) is 0.602. The Labute approximate surface area is 130 Å². The number of carbonyl (C=O) groups is 6. The molecule has 0 aromatic rings. The molecule has 1 atom stereocenters. The summed E-state index contributed by atoms with van der Waals surface area (Å²) in [5, 5.41) is 0.742. The molecule has 0 unspecified atom stereocenters. The van der Waals surface area contributed by atoms with E-state index in [4.69, 9.17) is 0 Å². The summed E-state index contributed by atoms with van der Waals surface area (Å²) in [4.78, 5) is 77.9. The Morgan fingerprint density at radius 2 is 1.26 bits per heavy atom. The van der Waals surface area contributed by atoms with E-state index in [2.05, 4.69) is 9.68 Å². The van der Waals surface area contributed by atoms with Crippen LogP contribution in [0.4, 0.5) is 0 Å². The molecular weight excluding hydrogens is 312 g/mol. The molecule has 2 fully saturated rings. The number of hydrogen-bond acceptors (Lipinski definition) is 8. The molecule has 2 aliphatic heterocycles. The molecule has 10 heteroatoms. The number of nitrogens with zero attached hydrogens (tertiary/aromatic N) is 2. The lowest BCUT2D eigenvalue weighted by Gasteiger charge is -2.17. The maximum absolute atomic E-state index is 11.8. The first kappa shape index (κ1) is 16.6. The number of imide groups is 2. The summed E-state index contributed by atoms with van der Waals surface area (Å²) >= 11 is 0. The van der Waals surface area contributed by atoms with E-state index < -0.39 is 47.9 Å². The van der Waals surface area contributed by atoms with Gasteiger partial charge in [0.25, 0.3) is 23.6 Å². The molecule has 4 amide bonds. The first-order valence-electron chi connectivity index (χ1n) is 6.93. The van der Waals surface area contributed by atoms with Crippen LogP contribution in [-0.2, 0) is 38.4 Å². The van der Waals surface area contributed by atoms with Gasteiger partial charge in [-0.2, -0.15) is 0 Å². The highest BCUT2D eigenvalue weighted by Crippen LogP contribution is 2.17. The van der Waals surface area contributed by atoms with Crippen molar-refractivity contribution in [3.63, 3.8) is 0 Å². The molecule has 0 radical (unpaired) electrons. The van der Waals surface area contributed by atoms with Crippen molar-refractivity contribution >= 4 is 35.6 Å². The first-order valence-corrected chi connectivity index (χ1v) is 6.93. The van der Waals surface area contributed by atoms with E-state index in [-0.39, 0.29) is 25.7 Å². The van der Waals surface area contributed by atoms with E-state index in [1.165, 1.54) is 6.92 Å². The van der Waals surface area contributed by atoms with Gasteiger partial charge in [-0.25, -0.2) is 9.59 Å². The molecule has 0 spiro atoms.